The van der Waals surface area contributed by atoms with E-state index in [1.165, 1.54) is 33.4 Å². The molecule has 0 amide bonds. The molecule has 0 aliphatic carbocycles. The van der Waals surface area contributed by atoms with Crippen LogP contribution in [-0.4, -0.2) is 10.1 Å². The van der Waals surface area contributed by atoms with Crippen molar-refractivity contribution in [3.8, 4) is 16.9 Å². The second-order valence-corrected chi connectivity index (χ2v) is 11.4. The molecule has 0 saturated heterocycles. The van der Waals surface area contributed by atoms with Gasteiger partial charge in [0.25, 0.3) is 0 Å². The number of aromatic hydroxyl groups is 1. The second kappa shape index (κ2) is 8.82. The number of hydrogen-bond donors (Lipinski definition) is 1. The van der Waals surface area contributed by atoms with Gasteiger partial charge in [-0.25, -0.2) is 0 Å². The molecule has 3 aromatic rings. The van der Waals surface area contributed by atoms with Crippen molar-refractivity contribution < 1.29 is 5.11 Å². The summed E-state index contributed by atoms with van der Waals surface area (Å²) in [6, 6.07) is 10.9. The lowest BCUT2D eigenvalue weighted by atomic mass is 9.78. The molecule has 0 radical (unpaired) electrons. The van der Waals surface area contributed by atoms with E-state index in [0.717, 1.165) is 22.4 Å². The maximum atomic E-state index is 11.0. The number of hydrogen-bond acceptors (Lipinski definition) is 2. The Morgan fingerprint density at radius 1 is 0.727 bits per heavy atom. The van der Waals surface area contributed by atoms with Crippen LogP contribution in [0.2, 0.25) is 0 Å². The Balaban J connectivity index is 2.07. The number of benzene rings is 2. The molecule has 1 N–H and O–H groups in total. The van der Waals surface area contributed by atoms with E-state index in [2.05, 4.69) is 117 Å². The van der Waals surface area contributed by atoms with E-state index < -0.39 is 0 Å². The highest BCUT2D eigenvalue weighted by Gasteiger charge is 2.26. The van der Waals surface area contributed by atoms with Crippen LogP contribution in [0.25, 0.3) is 23.3 Å². The van der Waals surface area contributed by atoms with Crippen molar-refractivity contribution in [3.05, 3.63) is 81.2 Å². The van der Waals surface area contributed by atoms with Crippen molar-refractivity contribution in [1.29, 1.82) is 0 Å². The summed E-state index contributed by atoms with van der Waals surface area (Å²) in [6.07, 6.45) is 6.24. The SMILES string of the molecule is Cc1cc(C=Cc2cc(C(C)(C)C)c(O)c(C(C)(C)C)c2)cc(C)c1-c1ccnc(C)c1C. The lowest BCUT2D eigenvalue weighted by Crippen LogP contribution is -2.17. The van der Waals surface area contributed by atoms with E-state index in [1.54, 1.807) is 0 Å². The Morgan fingerprint density at radius 2 is 1.18 bits per heavy atom. The van der Waals surface area contributed by atoms with Gasteiger partial charge >= 0.3 is 0 Å². The number of aromatic nitrogens is 1. The number of phenolic OH excluding ortho intramolecular Hbond substituents is 1. The molecule has 0 bridgehead atoms. The van der Waals surface area contributed by atoms with Gasteiger partial charge in [0.05, 0.1) is 0 Å². The van der Waals surface area contributed by atoms with Gasteiger partial charge in [-0.3, -0.25) is 4.98 Å². The molecular weight excluding hydrogens is 402 g/mol. The van der Waals surface area contributed by atoms with Crippen molar-refractivity contribution in [1.82, 2.24) is 4.98 Å². The molecule has 0 fully saturated rings. The molecule has 0 unspecified atom stereocenters. The van der Waals surface area contributed by atoms with E-state index in [4.69, 9.17) is 0 Å². The molecule has 0 aliphatic heterocycles. The van der Waals surface area contributed by atoms with Gasteiger partial charge in [-0.2, -0.15) is 0 Å². The van der Waals surface area contributed by atoms with Crippen molar-refractivity contribution in [2.45, 2.75) is 80.1 Å². The summed E-state index contributed by atoms with van der Waals surface area (Å²) < 4.78 is 0. The summed E-state index contributed by atoms with van der Waals surface area (Å²) in [5.41, 5.74) is 11.4. The average molecular weight is 442 g/mol. The van der Waals surface area contributed by atoms with Crippen molar-refractivity contribution in [2.75, 3.05) is 0 Å². The van der Waals surface area contributed by atoms with Gasteiger partial charge in [-0.1, -0.05) is 65.8 Å². The van der Waals surface area contributed by atoms with E-state index in [0.29, 0.717) is 5.75 Å². The topological polar surface area (TPSA) is 33.1 Å². The van der Waals surface area contributed by atoms with Gasteiger partial charge in [0.2, 0.25) is 0 Å². The van der Waals surface area contributed by atoms with Crippen molar-refractivity contribution in [2.24, 2.45) is 0 Å². The summed E-state index contributed by atoms with van der Waals surface area (Å²) in [5.74, 6) is 0.422. The Labute approximate surface area is 200 Å². The number of nitrogens with zero attached hydrogens (tertiary/aromatic N) is 1. The van der Waals surface area contributed by atoms with Gasteiger partial charge in [-0.05, 0) is 95.7 Å². The normalized spacial score (nSPS) is 12.5. The first-order valence-electron chi connectivity index (χ1n) is 11.8. The Bertz CT molecular complexity index is 1160. The molecule has 174 valence electrons. The molecular formula is C31H39NO. The van der Waals surface area contributed by atoms with Crippen LogP contribution in [0.4, 0.5) is 0 Å². The van der Waals surface area contributed by atoms with E-state index in [1.807, 2.05) is 6.20 Å². The lowest BCUT2D eigenvalue weighted by Gasteiger charge is -2.27. The fraction of sp³-hybridized carbons (Fsp3) is 0.387. The van der Waals surface area contributed by atoms with E-state index >= 15 is 0 Å². The summed E-state index contributed by atoms with van der Waals surface area (Å²) in [5, 5.41) is 11.0. The highest BCUT2D eigenvalue weighted by atomic mass is 16.3. The molecule has 0 aliphatic rings. The maximum absolute atomic E-state index is 11.0. The zero-order chi connectivity index (χ0) is 24.7. The molecule has 2 heteroatoms. The largest absolute Gasteiger partial charge is 0.507 e. The lowest BCUT2D eigenvalue weighted by molar-refractivity contribution is 0.423. The molecule has 2 nitrogen and oxygen atoms in total. The third-order valence-electron chi connectivity index (χ3n) is 6.50. The third-order valence-corrected chi connectivity index (χ3v) is 6.50. The van der Waals surface area contributed by atoms with Crippen LogP contribution in [-0.2, 0) is 10.8 Å². The Morgan fingerprint density at radius 3 is 1.64 bits per heavy atom. The second-order valence-electron chi connectivity index (χ2n) is 11.4. The highest BCUT2D eigenvalue weighted by molar-refractivity contribution is 5.78. The first kappa shape index (κ1) is 24.8. The fourth-order valence-corrected chi connectivity index (χ4v) is 4.52. The molecule has 0 atom stereocenters. The van der Waals surface area contributed by atoms with Gasteiger partial charge in [0.15, 0.2) is 0 Å². The summed E-state index contributed by atoms with van der Waals surface area (Å²) in [6.45, 7) is 21.5. The van der Waals surface area contributed by atoms with Gasteiger partial charge < -0.3 is 5.11 Å². The van der Waals surface area contributed by atoms with Crippen LogP contribution in [0, 0.1) is 27.7 Å². The predicted molar refractivity (Wildman–Crippen MR) is 143 cm³/mol. The molecule has 1 aromatic heterocycles. The summed E-state index contributed by atoms with van der Waals surface area (Å²) in [7, 11) is 0. The first-order valence-corrected chi connectivity index (χ1v) is 11.8. The monoisotopic (exact) mass is 441 g/mol. The van der Waals surface area contributed by atoms with E-state index in [9.17, 15) is 5.11 Å². The predicted octanol–water partition coefficient (Wildman–Crippen LogP) is 8.45. The third kappa shape index (κ3) is 5.21. The van der Waals surface area contributed by atoms with Crippen molar-refractivity contribution in [3.63, 3.8) is 0 Å². The summed E-state index contributed by atoms with van der Waals surface area (Å²) >= 11 is 0. The first-order chi connectivity index (χ1) is 15.2. The van der Waals surface area contributed by atoms with Gasteiger partial charge in [0.1, 0.15) is 5.75 Å². The van der Waals surface area contributed by atoms with E-state index in [-0.39, 0.29) is 10.8 Å². The molecule has 0 saturated carbocycles. The molecule has 0 spiro atoms. The maximum Gasteiger partial charge on any atom is 0.123 e. The number of pyridine rings is 1. The Hall–Kier alpha value is -2.87. The highest BCUT2D eigenvalue weighted by Crippen LogP contribution is 2.40. The minimum atomic E-state index is -0.136. The standard InChI is InChI=1S/C31H39NO/c1-19-15-23(16-20(2)28(19)25-13-14-32-22(4)21(25)3)11-12-24-17-26(30(5,6)7)29(33)27(18-24)31(8,9)10/h11-18,33H,1-10H3. The molecule has 3 rings (SSSR count). The number of rotatable bonds is 3. The number of phenols is 1. The zero-order valence-corrected chi connectivity index (χ0v) is 22.0. The van der Waals surface area contributed by atoms with Crippen LogP contribution in [0.15, 0.2) is 36.5 Å². The van der Waals surface area contributed by atoms with Gasteiger partial charge in [-0.15, -0.1) is 0 Å². The van der Waals surface area contributed by atoms with Crippen LogP contribution in [0.5, 0.6) is 5.75 Å². The molecule has 1 heterocycles. The smallest absolute Gasteiger partial charge is 0.123 e. The van der Waals surface area contributed by atoms with Crippen LogP contribution in [0.3, 0.4) is 0 Å². The molecule has 2 aromatic carbocycles. The Kier molecular flexibility index (Phi) is 6.62. The van der Waals surface area contributed by atoms with Crippen molar-refractivity contribution >= 4 is 12.2 Å². The van der Waals surface area contributed by atoms with Crippen LogP contribution < -0.4 is 0 Å². The fourth-order valence-electron chi connectivity index (χ4n) is 4.52. The minimum Gasteiger partial charge on any atom is -0.507 e. The number of aryl methyl sites for hydroxylation is 3. The van der Waals surface area contributed by atoms with Crippen LogP contribution >= 0.6 is 0 Å². The van der Waals surface area contributed by atoms with Crippen LogP contribution in [0.1, 0.15) is 86.2 Å². The van der Waals surface area contributed by atoms with Gasteiger partial charge in [0, 0.05) is 23.0 Å². The molecule has 33 heavy (non-hydrogen) atoms. The average Bonchev–Trinajstić information content (AvgIpc) is 2.68. The summed E-state index contributed by atoms with van der Waals surface area (Å²) in [4.78, 5) is 4.43. The minimum absolute atomic E-state index is 0.136. The quantitative estimate of drug-likeness (QED) is 0.414. The zero-order valence-electron chi connectivity index (χ0n) is 22.0.